The number of anilines is 1. The van der Waals surface area contributed by atoms with Crippen LogP contribution in [-0.4, -0.2) is 23.0 Å². The minimum absolute atomic E-state index is 0.692. The fraction of sp³-hybridized carbons (Fsp3) is 0.400. The summed E-state index contributed by atoms with van der Waals surface area (Å²) >= 11 is 3.56. The maximum Gasteiger partial charge on any atom is 0.175 e. The molecule has 0 spiro atoms. The number of ether oxygens (including phenoxy) is 2. The van der Waals surface area contributed by atoms with Gasteiger partial charge in [-0.05, 0) is 40.5 Å². The number of rotatable bonds is 3. The number of hydrogen-bond donors (Lipinski definition) is 1. The van der Waals surface area contributed by atoms with Crippen LogP contribution in [0, 0.1) is 6.92 Å². The van der Waals surface area contributed by atoms with E-state index in [0.29, 0.717) is 19.8 Å². The van der Waals surface area contributed by atoms with E-state index < -0.39 is 0 Å². The number of nitrogens with one attached hydrogen (secondary N) is 1. The highest BCUT2D eigenvalue weighted by Gasteiger charge is 2.15. The molecule has 0 aliphatic carbocycles. The minimum atomic E-state index is 0.692. The van der Waals surface area contributed by atoms with Gasteiger partial charge in [-0.2, -0.15) is 5.10 Å². The second kappa shape index (κ2) is 5.97. The first-order valence-electron chi connectivity index (χ1n) is 6.95. The lowest BCUT2D eigenvalue weighted by atomic mass is 10.2. The van der Waals surface area contributed by atoms with Gasteiger partial charge in [0.25, 0.3) is 0 Å². The second-order valence-electron chi connectivity index (χ2n) is 5.11. The van der Waals surface area contributed by atoms with Gasteiger partial charge in [0.2, 0.25) is 0 Å². The molecule has 1 aromatic heterocycles. The van der Waals surface area contributed by atoms with Crippen molar-refractivity contribution in [2.24, 2.45) is 7.05 Å². The number of hydrogen-bond acceptors (Lipinski definition) is 4. The monoisotopic (exact) mass is 351 g/mol. The Morgan fingerprint density at radius 2 is 2.14 bits per heavy atom. The smallest absolute Gasteiger partial charge is 0.175 e. The predicted molar refractivity (Wildman–Crippen MR) is 85.0 cm³/mol. The number of halogens is 1. The third-order valence-electron chi connectivity index (χ3n) is 3.36. The summed E-state index contributed by atoms with van der Waals surface area (Å²) < 4.78 is 14.2. The van der Waals surface area contributed by atoms with E-state index in [2.05, 4.69) is 32.4 Å². The maximum atomic E-state index is 5.75. The Morgan fingerprint density at radius 1 is 1.33 bits per heavy atom. The van der Waals surface area contributed by atoms with Gasteiger partial charge in [-0.1, -0.05) is 0 Å². The Balaban J connectivity index is 1.78. The van der Waals surface area contributed by atoms with E-state index in [4.69, 9.17) is 9.47 Å². The van der Waals surface area contributed by atoms with Gasteiger partial charge in [-0.3, -0.25) is 4.68 Å². The molecular weight excluding hydrogens is 334 g/mol. The van der Waals surface area contributed by atoms with Crippen molar-refractivity contribution in [2.45, 2.75) is 19.9 Å². The zero-order valence-corrected chi connectivity index (χ0v) is 13.7. The van der Waals surface area contributed by atoms with Crippen LogP contribution in [0.2, 0.25) is 0 Å². The molecule has 2 aromatic rings. The Labute approximate surface area is 132 Å². The van der Waals surface area contributed by atoms with Gasteiger partial charge in [-0.15, -0.1) is 0 Å². The van der Waals surface area contributed by atoms with Crippen LogP contribution in [0.15, 0.2) is 22.8 Å². The first kappa shape index (κ1) is 14.3. The highest BCUT2D eigenvalue weighted by atomic mass is 79.9. The zero-order valence-electron chi connectivity index (χ0n) is 12.1. The van der Waals surface area contributed by atoms with Crippen molar-refractivity contribution >= 4 is 21.6 Å². The summed E-state index contributed by atoms with van der Waals surface area (Å²) in [5, 5.41) is 7.72. The molecule has 21 heavy (non-hydrogen) atoms. The van der Waals surface area contributed by atoms with Gasteiger partial charge >= 0.3 is 0 Å². The molecule has 0 unspecified atom stereocenters. The molecule has 1 aromatic carbocycles. The van der Waals surface area contributed by atoms with Crippen molar-refractivity contribution in [3.05, 3.63) is 34.1 Å². The van der Waals surface area contributed by atoms with Gasteiger partial charge in [-0.25, -0.2) is 0 Å². The number of benzene rings is 1. The van der Waals surface area contributed by atoms with Crippen molar-refractivity contribution in [3.8, 4) is 11.5 Å². The van der Waals surface area contributed by atoms with Gasteiger partial charge in [0.05, 0.1) is 29.1 Å². The summed E-state index contributed by atoms with van der Waals surface area (Å²) in [5.74, 6) is 1.61. The Morgan fingerprint density at radius 3 is 2.90 bits per heavy atom. The van der Waals surface area contributed by atoms with Crippen molar-refractivity contribution < 1.29 is 9.47 Å². The van der Waals surface area contributed by atoms with E-state index in [9.17, 15) is 0 Å². The van der Waals surface area contributed by atoms with Crippen LogP contribution in [-0.2, 0) is 13.6 Å². The molecule has 112 valence electrons. The standard InChI is InChI=1S/C15H18BrN3O2/c1-10-13(9-19(2)18-10)17-8-11-6-12(16)15-14(7-11)20-4-3-5-21-15/h6-7,9,17H,3-5,8H2,1-2H3. The van der Waals surface area contributed by atoms with E-state index in [1.54, 1.807) is 0 Å². The van der Waals surface area contributed by atoms with Crippen LogP contribution < -0.4 is 14.8 Å². The van der Waals surface area contributed by atoms with Gasteiger partial charge in [0, 0.05) is 26.2 Å². The van der Waals surface area contributed by atoms with Gasteiger partial charge in [0.15, 0.2) is 11.5 Å². The molecule has 0 radical (unpaired) electrons. The topological polar surface area (TPSA) is 48.3 Å². The van der Waals surface area contributed by atoms with Gasteiger partial charge < -0.3 is 14.8 Å². The number of nitrogens with zero attached hydrogens (tertiary/aromatic N) is 2. The van der Waals surface area contributed by atoms with Crippen LogP contribution >= 0.6 is 15.9 Å². The predicted octanol–water partition coefficient (Wildman–Crippen LogP) is 3.26. The summed E-state index contributed by atoms with van der Waals surface area (Å²) in [4.78, 5) is 0. The quantitative estimate of drug-likeness (QED) is 0.921. The maximum absolute atomic E-state index is 5.75. The Bertz CT molecular complexity index is 655. The van der Waals surface area contributed by atoms with Crippen molar-refractivity contribution in [1.29, 1.82) is 0 Å². The average Bonchev–Trinajstić information content (AvgIpc) is 2.65. The van der Waals surface area contributed by atoms with Crippen LogP contribution in [0.3, 0.4) is 0 Å². The molecule has 1 aliphatic rings. The first-order chi connectivity index (χ1) is 10.1. The molecule has 2 heterocycles. The SMILES string of the molecule is Cc1nn(C)cc1NCc1cc(Br)c2c(c1)OCCCO2. The zero-order chi connectivity index (χ0) is 14.8. The fourth-order valence-corrected chi connectivity index (χ4v) is 2.96. The van der Waals surface area contributed by atoms with E-state index in [0.717, 1.165) is 39.3 Å². The highest BCUT2D eigenvalue weighted by molar-refractivity contribution is 9.10. The molecule has 3 rings (SSSR count). The largest absolute Gasteiger partial charge is 0.490 e. The average molecular weight is 352 g/mol. The first-order valence-corrected chi connectivity index (χ1v) is 7.75. The lowest BCUT2D eigenvalue weighted by Crippen LogP contribution is -2.01. The van der Waals surface area contributed by atoms with E-state index in [1.807, 2.05) is 30.9 Å². The normalized spacial score (nSPS) is 13.9. The van der Waals surface area contributed by atoms with E-state index in [1.165, 1.54) is 0 Å². The fourth-order valence-electron chi connectivity index (χ4n) is 2.36. The van der Waals surface area contributed by atoms with Crippen LogP contribution in [0.4, 0.5) is 5.69 Å². The molecule has 0 saturated carbocycles. The number of aryl methyl sites for hydroxylation is 2. The summed E-state index contributed by atoms with van der Waals surface area (Å²) in [5.41, 5.74) is 3.17. The van der Waals surface area contributed by atoms with Crippen molar-refractivity contribution in [3.63, 3.8) is 0 Å². The van der Waals surface area contributed by atoms with Crippen molar-refractivity contribution in [1.82, 2.24) is 9.78 Å². The summed E-state index contributed by atoms with van der Waals surface area (Å²) in [6, 6.07) is 4.09. The van der Waals surface area contributed by atoms with E-state index >= 15 is 0 Å². The molecule has 0 saturated heterocycles. The number of aromatic nitrogens is 2. The molecule has 6 heteroatoms. The molecule has 0 fully saturated rings. The van der Waals surface area contributed by atoms with E-state index in [-0.39, 0.29) is 0 Å². The number of fused-ring (bicyclic) bond motifs is 1. The van der Waals surface area contributed by atoms with Crippen LogP contribution in [0.25, 0.3) is 0 Å². The van der Waals surface area contributed by atoms with Crippen LogP contribution in [0.1, 0.15) is 17.7 Å². The molecule has 5 nitrogen and oxygen atoms in total. The summed E-state index contributed by atoms with van der Waals surface area (Å²) in [7, 11) is 1.92. The molecule has 1 aliphatic heterocycles. The Kier molecular flexibility index (Phi) is 4.05. The molecule has 1 N–H and O–H groups in total. The summed E-state index contributed by atoms with van der Waals surface area (Å²) in [6.45, 7) is 4.09. The third-order valence-corrected chi connectivity index (χ3v) is 3.95. The third kappa shape index (κ3) is 3.15. The molecule has 0 atom stereocenters. The Hall–Kier alpha value is -1.69. The lowest BCUT2D eigenvalue weighted by molar-refractivity contribution is 0.296. The lowest BCUT2D eigenvalue weighted by Gasteiger charge is -2.12. The highest BCUT2D eigenvalue weighted by Crippen LogP contribution is 2.38. The molecule has 0 amide bonds. The molecular formula is C15H18BrN3O2. The minimum Gasteiger partial charge on any atom is -0.490 e. The van der Waals surface area contributed by atoms with Crippen molar-refractivity contribution in [2.75, 3.05) is 18.5 Å². The van der Waals surface area contributed by atoms with Gasteiger partial charge in [0.1, 0.15) is 0 Å². The molecule has 0 bridgehead atoms. The second-order valence-corrected chi connectivity index (χ2v) is 5.97. The summed E-state index contributed by atoms with van der Waals surface area (Å²) in [6.07, 6.45) is 2.89. The van der Waals surface area contributed by atoms with Crippen LogP contribution in [0.5, 0.6) is 11.5 Å².